The fourth-order valence-corrected chi connectivity index (χ4v) is 3.58. The number of amides is 1. The number of hydrogen-bond acceptors (Lipinski definition) is 4. The molecular weight excluding hydrogens is 313 g/mol. The van der Waals surface area contributed by atoms with Gasteiger partial charge < -0.3 is 10.6 Å². The third kappa shape index (κ3) is 3.95. The molecule has 2 atom stereocenters. The average molecular weight is 333 g/mol. The lowest BCUT2D eigenvalue weighted by molar-refractivity contribution is 0.0915. The second kappa shape index (κ2) is 7.19. The van der Waals surface area contributed by atoms with Crippen LogP contribution in [0.3, 0.4) is 0 Å². The summed E-state index contributed by atoms with van der Waals surface area (Å²) in [5.41, 5.74) is 1.01. The van der Waals surface area contributed by atoms with Gasteiger partial charge >= 0.3 is 0 Å². The van der Waals surface area contributed by atoms with Crippen molar-refractivity contribution in [2.24, 2.45) is 0 Å². The van der Waals surface area contributed by atoms with E-state index >= 15 is 0 Å². The summed E-state index contributed by atoms with van der Waals surface area (Å²) in [5.74, 6) is -0.391. The van der Waals surface area contributed by atoms with E-state index in [1.807, 2.05) is 0 Å². The lowest BCUT2D eigenvalue weighted by Gasteiger charge is -2.30. The molecule has 1 fully saturated rings. The number of halogens is 1. The zero-order valence-corrected chi connectivity index (χ0v) is 13.8. The topological polar surface area (TPSA) is 54.0 Å². The van der Waals surface area contributed by atoms with Crippen LogP contribution in [0.2, 0.25) is 0 Å². The molecule has 2 unspecified atom stereocenters. The van der Waals surface area contributed by atoms with Crippen LogP contribution in [0.1, 0.15) is 40.8 Å². The molecule has 0 bridgehead atoms. The number of nitrogens with one attached hydrogen (secondary N) is 2. The van der Waals surface area contributed by atoms with Gasteiger partial charge in [-0.2, -0.15) is 0 Å². The molecule has 1 aromatic carbocycles. The molecule has 1 aliphatic rings. The molecule has 6 heteroatoms. The number of rotatable bonds is 4. The van der Waals surface area contributed by atoms with Crippen molar-refractivity contribution in [2.75, 3.05) is 6.54 Å². The van der Waals surface area contributed by atoms with Gasteiger partial charge in [0.25, 0.3) is 5.91 Å². The fraction of sp³-hybridized carbons (Fsp3) is 0.412. The maximum absolute atomic E-state index is 13.7. The van der Waals surface area contributed by atoms with Gasteiger partial charge in [-0.3, -0.25) is 4.79 Å². The van der Waals surface area contributed by atoms with Crippen LogP contribution < -0.4 is 10.6 Å². The van der Waals surface area contributed by atoms with Gasteiger partial charge in [0.05, 0.1) is 5.01 Å². The van der Waals surface area contributed by atoms with E-state index in [-0.39, 0.29) is 23.8 Å². The standard InChI is InChI=1S/C17H20FN3OS/c1-11-14(7-4-8-19-11)21-17(22)15-10-23-16(20-15)9-12-5-2-3-6-13(12)18/h2-3,5-6,10-11,14,19H,4,7-9H2,1H3,(H,21,22). The van der Waals surface area contributed by atoms with E-state index in [4.69, 9.17) is 0 Å². The highest BCUT2D eigenvalue weighted by Crippen LogP contribution is 2.17. The first kappa shape index (κ1) is 16.1. The molecule has 0 radical (unpaired) electrons. The first-order chi connectivity index (χ1) is 11.1. The van der Waals surface area contributed by atoms with Gasteiger partial charge in [0, 0.05) is 23.9 Å². The van der Waals surface area contributed by atoms with Gasteiger partial charge in [-0.25, -0.2) is 9.37 Å². The quantitative estimate of drug-likeness (QED) is 0.904. The van der Waals surface area contributed by atoms with Crippen LogP contribution in [0.5, 0.6) is 0 Å². The van der Waals surface area contributed by atoms with E-state index in [1.54, 1.807) is 23.6 Å². The van der Waals surface area contributed by atoms with Gasteiger partial charge in [0.2, 0.25) is 0 Å². The minimum atomic E-state index is -0.240. The Kier molecular flexibility index (Phi) is 5.03. The van der Waals surface area contributed by atoms with Crippen molar-refractivity contribution in [3.05, 3.63) is 51.7 Å². The summed E-state index contributed by atoms with van der Waals surface area (Å²) in [6.45, 7) is 3.08. The molecule has 0 spiro atoms. The van der Waals surface area contributed by atoms with Crippen molar-refractivity contribution in [3.63, 3.8) is 0 Å². The lowest BCUT2D eigenvalue weighted by Crippen LogP contribution is -2.51. The number of piperidine rings is 1. The summed E-state index contributed by atoms with van der Waals surface area (Å²) in [7, 11) is 0. The molecule has 2 N–H and O–H groups in total. The first-order valence-corrected chi connectivity index (χ1v) is 8.73. The molecule has 1 amide bonds. The van der Waals surface area contributed by atoms with E-state index in [2.05, 4.69) is 22.5 Å². The first-order valence-electron chi connectivity index (χ1n) is 7.85. The Labute approximate surface area is 139 Å². The van der Waals surface area contributed by atoms with Crippen molar-refractivity contribution in [3.8, 4) is 0 Å². The van der Waals surface area contributed by atoms with Crippen LogP contribution in [0.15, 0.2) is 29.6 Å². The Morgan fingerprint density at radius 3 is 3.09 bits per heavy atom. The van der Waals surface area contributed by atoms with Crippen molar-refractivity contribution in [2.45, 2.75) is 38.3 Å². The Bertz CT molecular complexity index is 688. The zero-order chi connectivity index (χ0) is 16.2. The van der Waals surface area contributed by atoms with E-state index in [1.165, 1.54) is 17.4 Å². The van der Waals surface area contributed by atoms with Gasteiger partial charge in [-0.05, 0) is 37.9 Å². The van der Waals surface area contributed by atoms with E-state index in [0.29, 0.717) is 17.7 Å². The van der Waals surface area contributed by atoms with Gasteiger partial charge in [0.15, 0.2) is 0 Å². The van der Waals surface area contributed by atoms with Crippen LogP contribution in [-0.2, 0) is 6.42 Å². The zero-order valence-electron chi connectivity index (χ0n) is 13.0. The fourth-order valence-electron chi connectivity index (χ4n) is 2.78. The van der Waals surface area contributed by atoms with Crippen LogP contribution in [0, 0.1) is 5.82 Å². The highest BCUT2D eigenvalue weighted by atomic mass is 32.1. The Balaban J connectivity index is 1.64. The third-order valence-electron chi connectivity index (χ3n) is 4.16. The molecule has 2 aromatic rings. The molecule has 0 saturated carbocycles. The Morgan fingerprint density at radius 2 is 2.30 bits per heavy atom. The predicted molar refractivity (Wildman–Crippen MR) is 89.3 cm³/mol. The lowest BCUT2D eigenvalue weighted by atomic mass is 10.00. The van der Waals surface area contributed by atoms with Crippen LogP contribution in [0.25, 0.3) is 0 Å². The maximum Gasteiger partial charge on any atom is 0.271 e. The van der Waals surface area contributed by atoms with Crippen molar-refractivity contribution in [1.29, 1.82) is 0 Å². The summed E-state index contributed by atoms with van der Waals surface area (Å²) in [5, 5.41) is 8.89. The van der Waals surface area contributed by atoms with Crippen LogP contribution >= 0.6 is 11.3 Å². The molecule has 2 heterocycles. The second-order valence-corrected chi connectivity index (χ2v) is 6.80. The van der Waals surface area contributed by atoms with Crippen molar-refractivity contribution in [1.82, 2.24) is 15.6 Å². The van der Waals surface area contributed by atoms with Gasteiger partial charge in [-0.15, -0.1) is 11.3 Å². The average Bonchev–Trinajstić information content (AvgIpc) is 3.01. The minimum Gasteiger partial charge on any atom is -0.346 e. The number of nitrogens with zero attached hydrogens (tertiary/aromatic N) is 1. The number of thiazole rings is 1. The smallest absolute Gasteiger partial charge is 0.271 e. The van der Waals surface area contributed by atoms with E-state index in [0.717, 1.165) is 24.4 Å². The number of carbonyl (C=O) groups is 1. The Morgan fingerprint density at radius 1 is 1.48 bits per heavy atom. The minimum absolute atomic E-state index is 0.132. The SMILES string of the molecule is CC1NCCCC1NC(=O)c1csc(Cc2ccccc2F)n1. The summed E-state index contributed by atoms with van der Waals surface area (Å²) in [4.78, 5) is 16.7. The largest absolute Gasteiger partial charge is 0.346 e. The summed E-state index contributed by atoms with van der Waals surface area (Å²) >= 11 is 1.39. The molecule has 3 rings (SSSR count). The second-order valence-electron chi connectivity index (χ2n) is 5.86. The Hall–Kier alpha value is -1.79. The highest BCUT2D eigenvalue weighted by molar-refractivity contribution is 7.09. The number of benzene rings is 1. The van der Waals surface area contributed by atoms with E-state index in [9.17, 15) is 9.18 Å². The van der Waals surface area contributed by atoms with Crippen molar-refractivity contribution < 1.29 is 9.18 Å². The molecule has 0 aliphatic carbocycles. The molecule has 23 heavy (non-hydrogen) atoms. The molecule has 1 saturated heterocycles. The molecule has 122 valence electrons. The third-order valence-corrected chi connectivity index (χ3v) is 5.01. The van der Waals surface area contributed by atoms with Gasteiger partial charge in [-0.1, -0.05) is 18.2 Å². The normalized spacial score (nSPS) is 21.1. The maximum atomic E-state index is 13.7. The summed E-state index contributed by atoms with van der Waals surface area (Å²) in [6, 6.07) is 7.05. The number of hydrogen-bond donors (Lipinski definition) is 2. The van der Waals surface area contributed by atoms with Crippen molar-refractivity contribution >= 4 is 17.2 Å². The molecule has 1 aliphatic heterocycles. The molecular formula is C17H20FN3OS. The highest BCUT2D eigenvalue weighted by Gasteiger charge is 2.23. The number of aromatic nitrogens is 1. The predicted octanol–water partition coefficient (Wildman–Crippen LogP) is 2.74. The summed E-state index contributed by atoms with van der Waals surface area (Å²) < 4.78 is 13.7. The summed E-state index contributed by atoms with van der Waals surface area (Å²) in [6.07, 6.45) is 2.45. The van der Waals surface area contributed by atoms with Crippen LogP contribution in [-0.4, -0.2) is 29.5 Å². The van der Waals surface area contributed by atoms with Crippen LogP contribution in [0.4, 0.5) is 4.39 Å². The monoisotopic (exact) mass is 333 g/mol. The molecule has 4 nitrogen and oxygen atoms in total. The number of carbonyl (C=O) groups excluding carboxylic acids is 1. The van der Waals surface area contributed by atoms with Gasteiger partial charge in [0.1, 0.15) is 11.5 Å². The van der Waals surface area contributed by atoms with E-state index < -0.39 is 0 Å². The molecule has 1 aromatic heterocycles.